The van der Waals surface area contributed by atoms with E-state index >= 15 is 0 Å². The predicted octanol–water partition coefficient (Wildman–Crippen LogP) is 4.79. The van der Waals surface area contributed by atoms with Crippen molar-refractivity contribution >= 4 is 27.1 Å². The molecule has 1 nitrogen and oxygen atoms in total. The van der Waals surface area contributed by atoms with Crippen molar-refractivity contribution in [3.63, 3.8) is 0 Å². The van der Waals surface area contributed by atoms with E-state index in [0.717, 1.165) is 23.2 Å². The van der Waals surface area contributed by atoms with Crippen molar-refractivity contribution in [1.82, 2.24) is 0 Å². The van der Waals surface area contributed by atoms with Gasteiger partial charge in [0, 0.05) is 22.5 Å². The molecule has 0 aliphatic carbocycles. The number of anilines is 1. The quantitative estimate of drug-likeness (QED) is 0.724. The number of hydrogen-bond acceptors (Lipinski definition) is 2. The molecule has 0 bridgehead atoms. The minimum absolute atomic E-state index is 0.263. The predicted molar refractivity (Wildman–Crippen MR) is 75.5 cm³/mol. The summed E-state index contributed by atoms with van der Waals surface area (Å²) in [5.41, 5.74) is 1.22. The van der Waals surface area contributed by atoms with E-state index in [4.69, 9.17) is 0 Å². The van der Waals surface area contributed by atoms with Gasteiger partial charge in [-0.2, -0.15) is 0 Å². The van der Waals surface area contributed by atoms with Crippen LogP contribution in [-0.2, 0) is 6.54 Å². The van der Waals surface area contributed by atoms with Gasteiger partial charge in [0.05, 0.1) is 0 Å². The molecule has 1 heterocycles. The van der Waals surface area contributed by atoms with Crippen LogP contribution in [0.2, 0.25) is 0 Å². The summed E-state index contributed by atoms with van der Waals surface area (Å²) in [4.78, 5) is 0. The van der Waals surface area contributed by atoms with Crippen molar-refractivity contribution in [1.29, 1.82) is 0 Å². The summed E-state index contributed by atoms with van der Waals surface area (Å²) in [5.74, 6) is -0.822. The summed E-state index contributed by atoms with van der Waals surface area (Å²) < 4.78 is 27.7. The van der Waals surface area contributed by atoms with Crippen LogP contribution in [-0.4, -0.2) is 0 Å². The molecule has 0 fully saturated rings. The van der Waals surface area contributed by atoms with Crippen molar-refractivity contribution in [3.8, 4) is 0 Å². The molecule has 96 valence electrons. The first-order valence-corrected chi connectivity index (χ1v) is 6.75. The molecule has 3 aromatic rings. The second-order valence-corrected chi connectivity index (χ2v) is 5.21. The lowest BCUT2D eigenvalue weighted by atomic mass is 10.2. The maximum atomic E-state index is 13.5. The fraction of sp³-hybridized carbons (Fsp3) is 0.0667. The van der Waals surface area contributed by atoms with Gasteiger partial charge in [-0.3, -0.25) is 0 Å². The van der Waals surface area contributed by atoms with E-state index in [1.807, 2.05) is 29.6 Å². The Balaban J connectivity index is 1.79. The van der Waals surface area contributed by atoms with E-state index in [2.05, 4.69) is 5.32 Å². The normalized spacial score (nSPS) is 10.8. The van der Waals surface area contributed by atoms with Crippen molar-refractivity contribution in [2.45, 2.75) is 6.54 Å². The summed E-state index contributed by atoms with van der Waals surface area (Å²) in [5, 5.41) is 6.29. The van der Waals surface area contributed by atoms with E-state index in [0.29, 0.717) is 5.56 Å². The summed E-state index contributed by atoms with van der Waals surface area (Å²) in [6.07, 6.45) is 0. The lowest BCUT2D eigenvalue weighted by Gasteiger charge is -2.08. The molecular weight excluding hydrogens is 264 g/mol. The monoisotopic (exact) mass is 275 g/mol. The molecule has 0 aliphatic heterocycles. The van der Waals surface area contributed by atoms with E-state index in [9.17, 15) is 8.78 Å². The summed E-state index contributed by atoms with van der Waals surface area (Å²) in [6, 6.07) is 11.5. The molecule has 3 rings (SSSR count). The van der Waals surface area contributed by atoms with E-state index in [1.54, 1.807) is 11.3 Å². The van der Waals surface area contributed by atoms with E-state index in [-0.39, 0.29) is 6.54 Å². The fourth-order valence-electron chi connectivity index (χ4n) is 1.95. The van der Waals surface area contributed by atoms with Crippen LogP contribution in [0.3, 0.4) is 0 Å². The van der Waals surface area contributed by atoms with E-state index in [1.165, 1.54) is 10.8 Å². The second-order valence-electron chi connectivity index (χ2n) is 4.26. The lowest BCUT2D eigenvalue weighted by molar-refractivity contribution is 0.587. The molecule has 0 unspecified atom stereocenters. The SMILES string of the molecule is Fc1ccc(F)c(CNc2ccc3sccc3c2)c1. The highest BCUT2D eigenvalue weighted by molar-refractivity contribution is 7.17. The number of thiophene rings is 1. The average Bonchev–Trinajstić information content (AvgIpc) is 2.87. The van der Waals surface area contributed by atoms with Gasteiger partial charge in [0.2, 0.25) is 0 Å². The Hall–Kier alpha value is -1.94. The van der Waals surface area contributed by atoms with Gasteiger partial charge in [0.1, 0.15) is 11.6 Å². The fourth-order valence-corrected chi connectivity index (χ4v) is 2.72. The van der Waals surface area contributed by atoms with Gasteiger partial charge >= 0.3 is 0 Å². The number of benzene rings is 2. The largest absolute Gasteiger partial charge is 0.381 e. The molecule has 0 aliphatic rings. The highest BCUT2D eigenvalue weighted by atomic mass is 32.1. The van der Waals surface area contributed by atoms with Gasteiger partial charge < -0.3 is 5.32 Å². The second kappa shape index (κ2) is 4.97. The minimum atomic E-state index is -0.425. The molecule has 0 saturated heterocycles. The van der Waals surface area contributed by atoms with Gasteiger partial charge in [0.25, 0.3) is 0 Å². The molecule has 0 radical (unpaired) electrons. The van der Waals surface area contributed by atoms with Crippen LogP contribution in [0, 0.1) is 11.6 Å². The van der Waals surface area contributed by atoms with E-state index < -0.39 is 11.6 Å². The first-order chi connectivity index (χ1) is 9.22. The number of fused-ring (bicyclic) bond motifs is 1. The van der Waals surface area contributed by atoms with Crippen LogP contribution < -0.4 is 5.32 Å². The zero-order chi connectivity index (χ0) is 13.2. The molecule has 19 heavy (non-hydrogen) atoms. The molecule has 0 atom stereocenters. The minimum Gasteiger partial charge on any atom is -0.381 e. The highest BCUT2D eigenvalue weighted by Gasteiger charge is 2.04. The number of rotatable bonds is 3. The van der Waals surface area contributed by atoms with Gasteiger partial charge in [-0.25, -0.2) is 8.78 Å². The molecule has 0 spiro atoms. The van der Waals surface area contributed by atoms with Crippen LogP contribution >= 0.6 is 11.3 Å². The maximum Gasteiger partial charge on any atom is 0.128 e. The molecule has 0 amide bonds. The summed E-state index contributed by atoms with van der Waals surface area (Å²) >= 11 is 1.68. The van der Waals surface area contributed by atoms with Crippen LogP contribution in [0.5, 0.6) is 0 Å². The summed E-state index contributed by atoms with van der Waals surface area (Å²) in [6.45, 7) is 0.263. The van der Waals surface area contributed by atoms with Crippen LogP contribution in [0.1, 0.15) is 5.56 Å². The highest BCUT2D eigenvalue weighted by Crippen LogP contribution is 2.24. The van der Waals surface area contributed by atoms with Gasteiger partial charge in [0.15, 0.2) is 0 Å². The Kier molecular flexibility index (Phi) is 3.17. The summed E-state index contributed by atoms with van der Waals surface area (Å²) in [7, 11) is 0. The van der Waals surface area contributed by atoms with Gasteiger partial charge in [-0.1, -0.05) is 0 Å². The van der Waals surface area contributed by atoms with Gasteiger partial charge in [-0.15, -0.1) is 11.3 Å². The molecule has 1 N–H and O–H groups in total. The van der Waals surface area contributed by atoms with Crippen LogP contribution in [0.15, 0.2) is 47.8 Å². The third-order valence-electron chi connectivity index (χ3n) is 2.94. The molecule has 2 aromatic carbocycles. The topological polar surface area (TPSA) is 12.0 Å². The smallest absolute Gasteiger partial charge is 0.128 e. The Bertz CT molecular complexity index is 721. The first-order valence-electron chi connectivity index (χ1n) is 5.87. The van der Waals surface area contributed by atoms with Crippen LogP contribution in [0.25, 0.3) is 10.1 Å². The molecule has 0 saturated carbocycles. The van der Waals surface area contributed by atoms with Crippen LogP contribution in [0.4, 0.5) is 14.5 Å². The Morgan fingerprint density at radius 2 is 1.89 bits per heavy atom. The Morgan fingerprint density at radius 1 is 1.00 bits per heavy atom. The zero-order valence-corrected chi connectivity index (χ0v) is 10.8. The third kappa shape index (κ3) is 2.58. The molecular formula is C15H11F2NS. The number of hydrogen-bond donors (Lipinski definition) is 1. The van der Waals surface area contributed by atoms with Crippen molar-refractivity contribution in [2.24, 2.45) is 0 Å². The third-order valence-corrected chi connectivity index (χ3v) is 3.84. The average molecular weight is 275 g/mol. The maximum absolute atomic E-state index is 13.5. The lowest BCUT2D eigenvalue weighted by Crippen LogP contribution is -2.02. The Morgan fingerprint density at radius 3 is 2.79 bits per heavy atom. The zero-order valence-electron chi connectivity index (χ0n) is 9.99. The van der Waals surface area contributed by atoms with Crippen molar-refractivity contribution in [2.75, 3.05) is 5.32 Å². The van der Waals surface area contributed by atoms with Crippen molar-refractivity contribution < 1.29 is 8.78 Å². The Labute approximate surface area is 113 Å². The molecule has 1 aromatic heterocycles. The number of nitrogens with one attached hydrogen (secondary N) is 1. The number of halogens is 2. The van der Waals surface area contributed by atoms with Gasteiger partial charge in [-0.05, 0) is 53.2 Å². The first kappa shape index (κ1) is 12.1. The van der Waals surface area contributed by atoms with Crippen molar-refractivity contribution in [3.05, 3.63) is 65.0 Å². The standard InChI is InChI=1S/C15H11F2NS/c16-12-1-3-14(17)11(7-12)9-18-13-2-4-15-10(8-13)5-6-19-15/h1-8,18H,9H2. The molecule has 4 heteroatoms.